The van der Waals surface area contributed by atoms with E-state index in [9.17, 15) is 0 Å². The molecule has 25 heavy (non-hydrogen) atoms. The van der Waals surface area contributed by atoms with Crippen LogP contribution in [0.5, 0.6) is 5.75 Å². The topological polar surface area (TPSA) is 28.1 Å². The Balaban J connectivity index is 1.40. The second-order valence-corrected chi connectivity index (χ2v) is 6.73. The van der Waals surface area contributed by atoms with Crippen molar-refractivity contribution >= 4 is 5.96 Å². The maximum atomic E-state index is 6.18. The van der Waals surface area contributed by atoms with E-state index < -0.39 is 0 Å². The first-order valence-corrected chi connectivity index (χ1v) is 9.18. The zero-order valence-electron chi connectivity index (χ0n) is 14.6. The Morgan fingerprint density at radius 1 is 0.960 bits per heavy atom. The van der Waals surface area contributed by atoms with Gasteiger partial charge in [0.1, 0.15) is 11.9 Å². The quantitative estimate of drug-likeness (QED) is 0.857. The van der Waals surface area contributed by atoms with Gasteiger partial charge in [-0.2, -0.15) is 0 Å². The Morgan fingerprint density at radius 2 is 1.72 bits per heavy atom. The molecule has 0 aliphatic carbocycles. The molecule has 2 aromatic carbocycles. The predicted octanol–water partition coefficient (Wildman–Crippen LogP) is 3.40. The monoisotopic (exact) mass is 335 g/mol. The SMILES string of the molecule is c1ccc(CN2CCN=C2N2CCCC(Oc3ccccc3)C2)cc1. The first-order valence-electron chi connectivity index (χ1n) is 9.18. The molecule has 1 unspecified atom stereocenters. The molecular weight excluding hydrogens is 310 g/mol. The van der Waals surface area contributed by atoms with E-state index in [0.717, 1.165) is 57.3 Å². The summed E-state index contributed by atoms with van der Waals surface area (Å²) < 4.78 is 6.18. The molecule has 130 valence electrons. The van der Waals surface area contributed by atoms with Crippen molar-refractivity contribution in [2.45, 2.75) is 25.5 Å². The average Bonchev–Trinajstić information content (AvgIpc) is 3.12. The third kappa shape index (κ3) is 3.95. The summed E-state index contributed by atoms with van der Waals surface area (Å²) in [6.45, 7) is 4.81. The van der Waals surface area contributed by atoms with Gasteiger partial charge in [0, 0.05) is 19.6 Å². The average molecular weight is 335 g/mol. The molecule has 0 aromatic heterocycles. The fourth-order valence-corrected chi connectivity index (χ4v) is 3.63. The minimum absolute atomic E-state index is 0.234. The Kier molecular flexibility index (Phi) is 4.86. The van der Waals surface area contributed by atoms with E-state index in [-0.39, 0.29) is 6.10 Å². The minimum Gasteiger partial charge on any atom is -0.489 e. The number of benzene rings is 2. The van der Waals surface area contributed by atoms with E-state index in [1.807, 2.05) is 30.3 Å². The van der Waals surface area contributed by atoms with E-state index in [0.29, 0.717) is 0 Å². The number of nitrogens with zero attached hydrogens (tertiary/aromatic N) is 3. The van der Waals surface area contributed by atoms with Crippen molar-refractivity contribution in [3.63, 3.8) is 0 Å². The molecule has 1 saturated heterocycles. The maximum absolute atomic E-state index is 6.18. The van der Waals surface area contributed by atoms with E-state index in [4.69, 9.17) is 9.73 Å². The molecule has 0 spiro atoms. The Hall–Kier alpha value is -2.49. The first-order chi connectivity index (χ1) is 12.4. The number of likely N-dealkylation sites (tertiary alicyclic amines) is 1. The van der Waals surface area contributed by atoms with Crippen LogP contribution in [0, 0.1) is 0 Å². The molecule has 2 aromatic rings. The second-order valence-electron chi connectivity index (χ2n) is 6.73. The van der Waals surface area contributed by atoms with Crippen LogP contribution in [0.15, 0.2) is 65.7 Å². The van der Waals surface area contributed by atoms with Gasteiger partial charge in [0.05, 0.1) is 13.1 Å². The third-order valence-corrected chi connectivity index (χ3v) is 4.83. The van der Waals surface area contributed by atoms with Gasteiger partial charge in [-0.1, -0.05) is 48.5 Å². The molecule has 2 aliphatic heterocycles. The van der Waals surface area contributed by atoms with Crippen molar-refractivity contribution in [1.82, 2.24) is 9.80 Å². The summed E-state index contributed by atoms with van der Waals surface area (Å²) in [6.07, 6.45) is 2.49. The number of para-hydroxylation sites is 1. The van der Waals surface area contributed by atoms with Gasteiger partial charge in [0.15, 0.2) is 5.96 Å². The number of hydrogen-bond donors (Lipinski definition) is 0. The Labute approximate surface area is 149 Å². The lowest BCUT2D eigenvalue weighted by Gasteiger charge is -2.37. The van der Waals surface area contributed by atoms with Crippen LogP contribution in [0.3, 0.4) is 0 Å². The molecule has 0 bridgehead atoms. The molecule has 0 N–H and O–H groups in total. The Bertz CT molecular complexity index is 702. The van der Waals surface area contributed by atoms with Gasteiger partial charge in [-0.25, -0.2) is 0 Å². The third-order valence-electron chi connectivity index (χ3n) is 4.83. The minimum atomic E-state index is 0.234. The van der Waals surface area contributed by atoms with E-state index in [1.165, 1.54) is 5.56 Å². The lowest BCUT2D eigenvalue weighted by atomic mass is 10.1. The summed E-state index contributed by atoms with van der Waals surface area (Å²) in [7, 11) is 0. The van der Waals surface area contributed by atoms with Crippen LogP contribution >= 0.6 is 0 Å². The van der Waals surface area contributed by atoms with Gasteiger partial charge in [-0.05, 0) is 30.5 Å². The molecule has 1 fully saturated rings. The highest BCUT2D eigenvalue weighted by atomic mass is 16.5. The van der Waals surface area contributed by atoms with E-state index in [2.05, 4.69) is 40.1 Å². The van der Waals surface area contributed by atoms with E-state index >= 15 is 0 Å². The van der Waals surface area contributed by atoms with Gasteiger partial charge < -0.3 is 14.5 Å². The molecule has 0 saturated carbocycles. The molecule has 1 atom stereocenters. The van der Waals surface area contributed by atoms with E-state index in [1.54, 1.807) is 0 Å². The maximum Gasteiger partial charge on any atom is 0.197 e. The molecule has 0 amide bonds. The number of rotatable bonds is 4. The molecular formula is C21H25N3O. The van der Waals surface area contributed by atoms with Gasteiger partial charge in [0.2, 0.25) is 0 Å². The summed E-state index contributed by atoms with van der Waals surface area (Å²) in [6, 6.07) is 20.8. The number of guanidine groups is 1. The highest BCUT2D eigenvalue weighted by molar-refractivity contribution is 5.81. The molecule has 4 rings (SSSR count). The molecule has 0 radical (unpaired) electrons. The number of hydrogen-bond acceptors (Lipinski definition) is 4. The van der Waals surface area contributed by atoms with Crippen molar-refractivity contribution < 1.29 is 4.74 Å². The summed E-state index contributed by atoms with van der Waals surface area (Å²) in [5.41, 5.74) is 1.34. The number of piperidine rings is 1. The van der Waals surface area contributed by atoms with Crippen molar-refractivity contribution in [1.29, 1.82) is 0 Å². The zero-order chi connectivity index (χ0) is 16.9. The van der Waals surface area contributed by atoms with Gasteiger partial charge >= 0.3 is 0 Å². The van der Waals surface area contributed by atoms with Crippen molar-refractivity contribution in [3.8, 4) is 5.75 Å². The highest BCUT2D eigenvalue weighted by Gasteiger charge is 2.28. The molecule has 4 nitrogen and oxygen atoms in total. The standard InChI is InChI=1S/C21H25N3O/c1-3-8-18(9-4-1)16-24-15-13-22-21(24)23-14-7-12-20(17-23)25-19-10-5-2-6-11-19/h1-6,8-11,20H,7,12-17H2. The highest BCUT2D eigenvalue weighted by Crippen LogP contribution is 2.21. The van der Waals surface area contributed by atoms with Crippen LogP contribution in [-0.4, -0.2) is 48.0 Å². The fourth-order valence-electron chi connectivity index (χ4n) is 3.63. The summed E-state index contributed by atoms with van der Waals surface area (Å²) in [4.78, 5) is 9.60. The van der Waals surface area contributed by atoms with Gasteiger partial charge in [0.25, 0.3) is 0 Å². The largest absolute Gasteiger partial charge is 0.489 e. The van der Waals surface area contributed by atoms with Crippen LogP contribution in [0.1, 0.15) is 18.4 Å². The number of ether oxygens (including phenoxy) is 1. The summed E-state index contributed by atoms with van der Waals surface area (Å²) in [5, 5.41) is 0. The smallest absolute Gasteiger partial charge is 0.197 e. The van der Waals surface area contributed by atoms with Crippen LogP contribution < -0.4 is 4.74 Å². The second kappa shape index (κ2) is 7.60. The van der Waals surface area contributed by atoms with Crippen molar-refractivity contribution in [2.75, 3.05) is 26.2 Å². The molecule has 2 heterocycles. The first kappa shape index (κ1) is 16.0. The van der Waals surface area contributed by atoms with Crippen LogP contribution in [0.2, 0.25) is 0 Å². The lowest BCUT2D eigenvalue weighted by molar-refractivity contribution is 0.118. The van der Waals surface area contributed by atoms with Crippen molar-refractivity contribution in [2.24, 2.45) is 4.99 Å². The van der Waals surface area contributed by atoms with Crippen LogP contribution in [0.25, 0.3) is 0 Å². The number of aliphatic imine (C=N–C) groups is 1. The molecule has 2 aliphatic rings. The predicted molar refractivity (Wildman–Crippen MR) is 101 cm³/mol. The summed E-state index contributed by atoms with van der Waals surface area (Å²) in [5.74, 6) is 2.11. The van der Waals surface area contributed by atoms with Gasteiger partial charge in [-0.3, -0.25) is 4.99 Å². The fraction of sp³-hybridized carbons (Fsp3) is 0.381. The zero-order valence-corrected chi connectivity index (χ0v) is 14.6. The lowest BCUT2D eigenvalue weighted by Crippen LogP contribution is -2.49. The summed E-state index contributed by atoms with van der Waals surface area (Å²) >= 11 is 0. The Morgan fingerprint density at radius 3 is 2.52 bits per heavy atom. The normalized spacial score (nSPS) is 20.5. The molecule has 4 heteroatoms. The van der Waals surface area contributed by atoms with Crippen molar-refractivity contribution in [3.05, 3.63) is 66.2 Å². The van der Waals surface area contributed by atoms with Crippen LogP contribution in [0.4, 0.5) is 0 Å². The van der Waals surface area contributed by atoms with Gasteiger partial charge in [-0.15, -0.1) is 0 Å². The van der Waals surface area contributed by atoms with Crippen LogP contribution in [-0.2, 0) is 6.54 Å².